The molecule has 0 bridgehead atoms. The molecule has 2 rings (SSSR count). The predicted octanol–water partition coefficient (Wildman–Crippen LogP) is 2.53. The average molecular weight is 197 g/mol. The Morgan fingerprint density at radius 1 is 1.38 bits per heavy atom. The topological polar surface area (TPSA) is 17.1 Å². The first kappa shape index (κ1) is 8.45. The summed E-state index contributed by atoms with van der Waals surface area (Å²) in [5.74, 6) is -0.416. The fraction of sp³-hybridized carbons (Fsp3) is 0.100. The van der Waals surface area contributed by atoms with Gasteiger partial charge in [-0.15, -0.1) is 0 Å². The zero-order valence-electron chi connectivity index (χ0n) is 6.68. The van der Waals surface area contributed by atoms with Crippen molar-refractivity contribution in [2.45, 2.75) is 6.42 Å². The first-order valence-electron chi connectivity index (χ1n) is 3.85. The van der Waals surface area contributed by atoms with Gasteiger partial charge in [0.25, 0.3) is 0 Å². The molecule has 0 atom stereocenters. The largest absolute Gasteiger partial charge is 0.294 e. The third-order valence-electron chi connectivity index (χ3n) is 1.98. The van der Waals surface area contributed by atoms with Crippen molar-refractivity contribution >= 4 is 22.4 Å². The minimum Gasteiger partial charge on any atom is -0.294 e. The van der Waals surface area contributed by atoms with E-state index in [0.29, 0.717) is 10.6 Å². The van der Waals surface area contributed by atoms with Crippen LogP contribution in [0, 0.1) is 5.82 Å². The van der Waals surface area contributed by atoms with E-state index in [1.54, 1.807) is 6.07 Å². The second-order valence-corrected chi connectivity index (χ2v) is 3.34. The molecule has 0 fully saturated rings. The summed E-state index contributed by atoms with van der Waals surface area (Å²) in [6, 6.07) is 4.28. The lowest BCUT2D eigenvalue weighted by atomic mass is 9.96. The number of fused-ring (bicyclic) bond motifs is 1. The summed E-state index contributed by atoms with van der Waals surface area (Å²) in [6.07, 6.45) is 1.62. The van der Waals surface area contributed by atoms with Crippen molar-refractivity contribution in [2.75, 3.05) is 0 Å². The van der Waals surface area contributed by atoms with Crippen molar-refractivity contribution in [1.82, 2.24) is 0 Å². The molecule has 0 unspecified atom stereocenters. The van der Waals surface area contributed by atoms with Crippen LogP contribution in [0.15, 0.2) is 24.3 Å². The van der Waals surface area contributed by atoms with Gasteiger partial charge in [0.05, 0.1) is 5.03 Å². The van der Waals surface area contributed by atoms with Gasteiger partial charge in [-0.2, -0.15) is 0 Å². The third-order valence-corrected chi connectivity index (χ3v) is 2.29. The lowest BCUT2D eigenvalue weighted by Gasteiger charge is -2.11. The van der Waals surface area contributed by atoms with Crippen LogP contribution < -0.4 is 0 Å². The molecule has 0 N–H and O–H groups in total. The highest BCUT2D eigenvalue weighted by Gasteiger charge is 2.16. The van der Waals surface area contributed by atoms with Crippen LogP contribution >= 0.6 is 11.6 Å². The Balaban J connectivity index is 2.60. The quantitative estimate of drug-likeness (QED) is 0.623. The molecule has 0 spiro atoms. The van der Waals surface area contributed by atoms with E-state index >= 15 is 0 Å². The molecule has 0 aromatic heterocycles. The average Bonchev–Trinajstić information content (AvgIpc) is 2.02. The van der Waals surface area contributed by atoms with Crippen LogP contribution in [0.4, 0.5) is 4.39 Å². The molecule has 66 valence electrons. The van der Waals surface area contributed by atoms with Crippen molar-refractivity contribution in [2.24, 2.45) is 0 Å². The second kappa shape index (κ2) is 2.96. The lowest BCUT2D eigenvalue weighted by molar-refractivity contribution is -0.114. The van der Waals surface area contributed by atoms with Crippen molar-refractivity contribution in [3.63, 3.8) is 0 Å². The van der Waals surface area contributed by atoms with Crippen LogP contribution in [0.1, 0.15) is 11.1 Å². The SMILES string of the molecule is O=C1C=C(Cl)c2ccc(F)cc2C1. The maximum atomic E-state index is 12.8. The number of hydrogen-bond donors (Lipinski definition) is 0. The summed E-state index contributed by atoms with van der Waals surface area (Å²) in [5.41, 5.74) is 1.42. The van der Waals surface area contributed by atoms with Gasteiger partial charge >= 0.3 is 0 Å². The van der Waals surface area contributed by atoms with E-state index in [-0.39, 0.29) is 18.0 Å². The van der Waals surface area contributed by atoms with E-state index in [1.807, 2.05) is 0 Å². The number of halogens is 2. The van der Waals surface area contributed by atoms with Crippen LogP contribution in [0.2, 0.25) is 0 Å². The first-order chi connectivity index (χ1) is 6.16. The number of carbonyl (C=O) groups is 1. The molecule has 13 heavy (non-hydrogen) atoms. The molecule has 1 nitrogen and oxygen atoms in total. The summed E-state index contributed by atoms with van der Waals surface area (Å²) in [4.78, 5) is 11.1. The third kappa shape index (κ3) is 1.49. The molecule has 0 amide bonds. The summed E-state index contributed by atoms with van der Waals surface area (Å²) in [6.45, 7) is 0. The zero-order chi connectivity index (χ0) is 9.42. The number of benzene rings is 1. The number of hydrogen-bond acceptors (Lipinski definition) is 1. The Morgan fingerprint density at radius 3 is 2.92 bits per heavy atom. The van der Waals surface area contributed by atoms with Crippen LogP contribution in [-0.2, 0) is 11.2 Å². The molecule has 1 aromatic carbocycles. The van der Waals surface area contributed by atoms with Crippen molar-refractivity contribution in [1.29, 1.82) is 0 Å². The summed E-state index contributed by atoms with van der Waals surface area (Å²) in [5, 5.41) is 0.395. The molecule has 1 aliphatic rings. The van der Waals surface area contributed by atoms with E-state index in [9.17, 15) is 9.18 Å². The molecule has 3 heteroatoms. The van der Waals surface area contributed by atoms with Gasteiger partial charge in [0.1, 0.15) is 5.82 Å². The Labute approximate surface area is 79.8 Å². The van der Waals surface area contributed by atoms with E-state index < -0.39 is 0 Å². The minimum atomic E-state index is -0.335. The Kier molecular flexibility index (Phi) is 1.93. The maximum Gasteiger partial charge on any atom is 0.161 e. The number of allylic oxidation sites excluding steroid dienone is 1. The van der Waals surface area contributed by atoms with Gasteiger partial charge in [0, 0.05) is 12.5 Å². The Bertz CT molecular complexity index is 409. The van der Waals surface area contributed by atoms with Crippen LogP contribution in [0.25, 0.3) is 5.03 Å². The minimum absolute atomic E-state index is 0.0805. The van der Waals surface area contributed by atoms with Crippen LogP contribution in [0.5, 0.6) is 0 Å². The monoisotopic (exact) mass is 196 g/mol. The van der Waals surface area contributed by atoms with Gasteiger partial charge in [-0.05, 0) is 23.3 Å². The normalized spacial score (nSPS) is 15.2. The highest BCUT2D eigenvalue weighted by atomic mass is 35.5. The standard InChI is InChI=1S/C10H6ClFO/c11-10-5-8(13)4-6-3-7(12)1-2-9(6)10/h1-3,5H,4H2. The molecule has 1 aliphatic carbocycles. The fourth-order valence-electron chi connectivity index (χ4n) is 1.40. The number of rotatable bonds is 0. The highest BCUT2D eigenvalue weighted by molar-refractivity contribution is 6.50. The summed E-state index contributed by atoms with van der Waals surface area (Å²) in [7, 11) is 0. The molecule has 0 saturated carbocycles. The molecule has 1 aromatic rings. The van der Waals surface area contributed by atoms with Crippen molar-refractivity contribution in [3.8, 4) is 0 Å². The van der Waals surface area contributed by atoms with Gasteiger partial charge in [0.2, 0.25) is 0 Å². The Morgan fingerprint density at radius 2 is 2.15 bits per heavy atom. The van der Waals surface area contributed by atoms with Gasteiger partial charge in [-0.3, -0.25) is 4.79 Å². The van der Waals surface area contributed by atoms with Crippen molar-refractivity contribution in [3.05, 3.63) is 41.2 Å². The van der Waals surface area contributed by atoms with Gasteiger partial charge in [-0.1, -0.05) is 17.7 Å². The molecular formula is C10H6ClFO. The molecule has 0 radical (unpaired) electrons. The van der Waals surface area contributed by atoms with Crippen LogP contribution in [-0.4, -0.2) is 5.78 Å². The van der Waals surface area contributed by atoms with Gasteiger partial charge in [-0.25, -0.2) is 4.39 Å². The number of ketones is 1. The second-order valence-electron chi connectivity index (χ2n) is 2.94. The van der Waals surface area contributed by atoms with Gasteiger partial charge in [0.15, 0.2) is 5.78 Å². The predicted molar refractivity (Wildman–Crippen MR) is 48.9 cm³/mol. The smallest absolute Gasteiger partial charge is 0.161 e. The van der Waals surface area contributed by atoms with Crippen LogP contribution in [0.3, 0.4) is 0 Å². The lowest BCUT2D eigenvalue weighted by Crippen LogP contribution is -2.07. The summed E-state index contributed by atoms with van der Waals surface area (Å²) < 4.78 is 12.8. The molecule has 0 saturated heterocycles. The summed E-state index contributed by atoms with van der Waals surface area (Å²) >= 11 is 5.81. The van der Waals surface area contributed by atoms with E-state index in [1.165, 1.54) is 18.2 Å². The molecule has 0 aliphatic heterocycles. The zero-order valence-corrected chi connectivity index (χ0v) is 7.44. The molecular weight excluding hydrogens is 191 g/mol. The maximum absolute atomic E-state index is 12.8. The van der Waals surface area contributed by atoms with Crippen molar-refractivity contribution < 1.29 is 9.18 Å². The highest BCUT2D eigenvalue weighted by Crippen LogP contribution is 2.28. The fourth-order valence-corrected chi connectivity index (χ4v) is 1.71. The van der Waals surface area contributed by atoms with E-state index in [4.69, 9.17) is 11.6 Å². The first-order valence-corrected chi connectivity index (χ1v) is 4.23. The molecule has 0 heterocycles. The van der Waals surface area contributed by atoms with E-state index in [2.05, 4.69) is 0 Å². The number of carbonyl (C=O) groups excluding carboxylic acids is 1. The van der Waals surface area contributed by atoms with Gasteiger partial charge < -0.3 is 0 Å². The van der Waals surface area contributed by atoms with E-state index in [0.717, 1.165) is 5.56 Å². The Hall–Kier alpha value is -1.15.